The van der Waals surface area contributed by atoms with Crippen LogP contribution >= 0.6 is 0 Å². The Labute approximate surface area is 212 Å². The molecular weight excluding hydrogens is 494 g/mol. The maximum atomic E-state index is 13.3. The smallest absolute Gasteiger partial charge is 0.293 e. The van der Waals surface area contributed by atoms with E-state index >= 15 is 0 Å². The van der Waals surface area contributed by atoms with Gasteiger partial charge in [-0.2, -0.15) is 13.5 Å². The minimum Gasteiger partial charge on any atom is -0.293 e. The lowest BCUT2D eigenvalue weighted by Crippen LogP contribution is -2.44. The van der Waals surface area contributed by atoms with Crippen molar-refractivity contribution in [3.05, 3.63) is 65.6 Å². The lowest BCUT2D eigenvalue weighted by Gasteiger charge is -2.16. The first-order valence-corrected chi connectivity index (χ1v) is 13.2. The Morgan fingerprint density at radius 1 is 1.03 bits per heavy atom. The summed E-state index contributed by atoms with van der Waals surface area (Å²) in [6.07, 6.45) is 7.80. The molecule has 0 bridgehead atoms. The van der Waals surface area contributed by atoms with Crippen LogP contribution in [0, 0.1) is 0 Å². The molecule has 4 aromatic heterocycles. The van der Waals surface area contributed by atoms with Gasteiger partial charge in [-0.1, -0.05) is 12.1 Å². The topological polar surface area (TPSA) is 146 Å². The molecule has 1 aliphatic rings. The van der Waals surface area contributed by atoms with Crippen molar-refractivity contribution in [2.24, 2.45) is 19.2 Å². The van der Waals surface area contributed by atoms with Crippen molar-refractivity contribution in [1.82, 2.24) is 38.7 Å². The lowest BCUT2D eigenvalue weighted by atomic mass is 10.0. The second-order valence-corrected chi connectivity index (χ2v) is 10.6. The number of nitrogens with zero attached hydrogens (tertiary/aromatic N) is 7. The zero-order valence-electron chi connectivity index (χ0n) is 20.2. The molecule has 1 aliphatic heterocycles. The molecule has 6 rings (SSSR count). The van der Waals surface area contributed by atoms with Crippen LogP contribution in [-0.4, -0.2) is 55.4 Å². The van der Waals surface area contributed by atoms with Crippen LogP contribution in [0.4, 0.5) is 0 Å². The number of benzene rings is 1. The average molecular weight is 520 g/mol. The second-order valence-electron chi connectivity index (χ2n) is 9.30. The van der Waals surface area contributed by atoms with Crippen molar-refractivity contribution in [3.63, 3.8) is 0 Å². The van der Waals surface area contributed by atoms with E-state index in [0.29, 0.717) is 25.0 Å². The molecule has 1 unspecified atom stereocenters. The van der Waals surface area contributed by atoms with E-state index in [9.17, 15) is 13.2 Å². The number of aryl methyl sites for hydroxylation is 2. The number of aromatic nitrogens is 6. The van der Waals surface area contributed by atoms with E-state index in [1.807, 2.05) is 49.8 Å². The molecule has 1 atom stereocenters. The van der Waals surface area contributed by atoms with E-state index in [1.165, 1.54) is 5.01 Å². The number of hydrazine groups is 1. The number of fused-ring (bicyclic) bond motifs is 3. The van der Waals surface area contributed by atoms with Gasteiger partial charge < -0.3 is 0 Å². The fourth-order valence-corrected chi connectivity index (χ4v) is 5.58. The SMILES string of the molecule is Cn1cc(-c2ccc(-c3ccc4ncc5c(c4c3)n(C3CCN(NS(N)(=O)=O)C3)c(=O)n5C)cn2)cn1. The maximum Gasteiger partial charge on any atom is 0.329 e. The van der Waals surface area contributed by atoms with E-state index in [4.69, 9.17) is 5.14 Å². The summed E-state index contributed by atoms with van der Waals surface area (Å²) in [6.45, 7) is 0.756. The van der Waals surface area contributed by atoms with Crippen LogP contribution in [-0.2, 0) is 24.3 Å². The Balaban J connectivity index is 1.44. The van der Waals surface area contributed by atoms with Gasteiger partial charge in [-0.05, 0) is 30.2 Å². The summed E-state index contributed by atoms with van der Waals surface area (Å²) in [5.74, 6) is 0. The molecule has 0 saturated carbocycles. The van der Waals surface area contributed by atoms with Crippen LogP contribution in [0.2, 0.25) is 0 Å². The van der Waals surface area contributed by atoms with Gasteiger partial charge >= 0.3 is 5.69 Å². The van der Waals surface area contributed by atoms with Gasteiger partial charge in [-0.15, -0.1) is 4.83 Å². The Kier molecular flexibility index (Phi) is 5.45. The minimum absolute atomic E-state index is 0.181. The molecule has 190 valence electrons. The fourth-order valence-electron chi connectivity index (χ4n) is 5.05. The third-order valence-electron chi connectivity index (χ3n) is 6.80. The molecule has 0 aliphatic carbocycles. The molecule has 5 heterocycles. The third-order valence-corrected chi connectivity index (χ3v) is 7.31. The zero-order valence-corrected chi connectivity index (χ0v) is 21.1. The number of hydrogen-bond donors (Lipinski definition) is 2. The molecule has 12 nitrogen and oxygen atoms in total. The molecule has 13 heteroatoms. The van der Waals surface area contributed by atoms with Crippen molar-refractivity contribution in [2.45, 2.75) is 12.5 Å². The molecule has 5 aromatic rings. The summed E-state index contributed by atoms with van der Waals surface area (Å²) in [7, 11) is -0.306. The zero-order chi connectivity index (χ0) is 25.9. The van der Waals surface area contributed by atoms with Gasteiger partial charge in [0, 0.05) is 56.1 Å². The van der Waals surface area contributed by atoms with Crippen LogP contribution in [0.3, 0.4) is 0 Å². The first-order valence-electron chi connectivity index (χ1n) is 11.7. The molecular formula is C24H25N9O3S. The second kappa shape index (κ2) is 8.59. The molecule has 1 saturated heterocycles. The van der Waals surface area contributed by atoms with Crippen LogP contribution in [0.25, 0.3) is 44.3 Å². The molecule has 3 N–H and O–H groups in total. The first kappa shape index (κ1) is 23.5. The van der Waals surface area contributed by atoms with Crippen LogP contribution in [0.5, 0.6) is 0 Å². The van der Waals surface area contributed by atoms with Gasteiger partial charge in [0.05, 0.1) is 40.7 Å². The van der Waals surface area contributed by atoms with E-state index in [2.05, 4.69) is 19.9 Å². The summed E-state index contributed by atoms with van der Waals surface area (Å²) in [5.41, 5.74) is 5.69. The monoisotopic (exact) mass is 519 g/mol. The normalized spacial score (nSPS) is 16.8. The first-order chi connectivity index (χ1) is 17.7. The number of hydrogen-bond acceptors (Lipinski definition) is 7. The number of imidazole rings is 1. The van der Waals surface area contributed by atoms with Crippen molar-refractivity contribution >= 4 is 32.1 Å². The fraction of sp³-hybridized carbons (Fsp3) is 0.250. The molecule has 1 aromatic carbocycles. The molecule has 0 radical (unpaired) electrons. The molecule has 0 spiro atoms. The number of rotatable bonds is 5. The highest BCUT2D eigenvalue weighted by molar-refractivity contribution is 7.87. The van der Waals surface area contributed by atoms with Gasteiger partial charge in [0.2, 0.25) is 0 Å². The standard InChI is InChI=1S/C24H25N9O3S/c1-30-13-17(11-28-30)20-5-4-16(10-26-20)15-3-6-21-19(9-15)23-22(12-27-21)31(2)24(34)33(23)18-7-8-32(14-18)29-37(25,35)36/h3-6,9-13,18,29H,7-8,14H2,1-2H3,(H2,25,35,36). The van der Waals surface area contributed by atoms with E-state index < -0.39 is 10.2 Å². The Morgan fingerprint density at radius 3 is 2.54 bits per heavy atom. The average Bonchev–Trinajstić information content (AvgIpc) is 3.57. The van der Waals surface area contributed by atoms with E-state index in [0.717, 1.165) is 38.8 Å². The largest absolute Gasteiger partial charge is 0.329 e. The van der Waals surface area contributed by atoms with Gasteiger partial charge in [-0.25, -0.2) is 14.9 Å². The van der Waals surface area contributed by atoms with Crippen molar-refractivity contribution in [3.8, 4) is 22.4 Å². The summed E-state index contributed by atoms with van der Waals surface area (Å²) in [5, 5.41) is 11.7. The Hall–Kier alpha value is -3.91. The highest BCUT2D eigenvalue weighted by atomic mass is 32.2. The van der Waals surface area contributed by atoms with Crippen LogP contribution < -0.4 is 15.7 Å². The summed E-state index contributed by atoms with van der Waals surface area (Å²) in [4.78, 5) is 24.9. The highest BCUT2D eigenvalue weighted by Gasteiger charge is 2.30. The van der Waals surface area contributed by atoms with Crippen LogP contribution in [0.1, 0.15) is 12.5 Å². The molecule has 0 amide bonds. The Morgan fingerprint density at radius 2 is 1.84 bits per heavy atom. The van der Waals surface area contributed by atoms with Crippen LogP contribution in [0.15, 0.2) is 59.9 Å². The molecule has 1 fully saturated rings. The summed E-state index contributed by atoms with van der Waals surface area (Å²) < 4.78 is 28.1. The lowest BCUT2D eigenvalue weighted by molar-refractivity contribution is 0.287. The Bertz CT molecular complexity index is 1820. The predicted molar refractivity (Wildman–Crippen MR) is 139 cm³/mol. The van der Waals surface area contributed by atoms with E-state index in [-0.39, 0.29) is 11.7 Å². The summed E-state index contributed by atoms with van der Waals surface area (Å²) >= 11 is 0. The van der Waals surface area contributed by atoms with Crippen molar-refractivity contribution in [2.75, 3.05) is 13.1 Å². The highest BCUT2D eigenvalue weighted by Crippen LogP contribution is 2.32. The van der Waals surface area contributed by atoms with Gasteiger partial charge in [-0.3, -0.25) is 23.8 Å². The van der Waals surface area contributed by atoms with Crippen molar-refractivity contribution < 1.29 is 8.42 Å². The van der Waals surface area contributed by atoms with Crippen molar-refractivity contribution in [1.29, 1.82) is 0 Å². The van der Waals surface area contributed by atoms with Gasteiger partial charge in [0.25, 0.3) is 10.2 Å². The number of pyridine rings is 2. The maximum absolute atomic E-state index is 13.3. The van der Waals surface area contributed by atoms with Gasteiger partial charge in [0.1, 0.15) is 0 Å². The number of nitrogens with two attached hydrogens (primary N) is 1. The quantitative estimate of drug-likeness (QED) is 0.356. The number of nitrogens with one attached hydrogen (secondary N) is 1. The van der Waals surface area contributed by atoms with Gasteiger partial charge in [0.15, 0.2) is 0 Å². The minimum atomic E-state index is -3.89. The van der Waals surface area contributed by atoms with E-state index in [1.54, 1.807) is 33.3 Å². The summed E-state index contributed by atoms with van der Waals surface area (Å²) in [6, 6.07) is 9.68. The third kappa shape index (κ3) is 4.21. The predicted octanol–water partition coefficient (Wildman–Crippen LogP) is 1.31. The molecule has 37 heavy (non-hydrogen) atoms.